The van der Waals surface area contributed by atoms with E-state index in [1.807, 2.05) is 0 Å². The summed E-state index contributed by atoms with van der Waals surface area (Å²) in [4.78, 5) is 0.490. The Bertz CT molecular complexity index is 969. The molecular formula is C17H24F3N3O5S2. The SMILES string of the molecule is NS(=O)(=O)c1ccc(N[C@H]2CC[C@H](N3CCOCC3)CC2)c(S(=O)(=O)C(F)(F)F)c1. The van der Waals surface area contributed by atoms with Crippen LogP contribution < -0.4 is 10.5 Å². The molecule has 1 aliphatic heterocycles. The smallest absolute Gasteiger partial charge is 0.381 e. The summed E-state index contributed by atoms with van der Waals surface area (Å²) in [7, 11) is -10.1. The van der Waals surface area contributed by atoms with Crippen LogP contribution in [-0.4, -0.2) is 65.6 Å². The lowest BCUT2D eigenvalue weighted by molar-refractivity contribution is -0.0435. The number of hydrogen-bond donors (Lipinski definition) is 2. The molecule has 1 saturated heterocycles. The lowest BCUT2D eigenvalue weighted by Gasteiger charge is -2.39. The molecule has 0 bridgehead atoms. The number of alkyl halides is 3. The molecule has 1 saturated carbocycles. The van der Waals surface area contributed by atoms with E-state index in [1.54, 1.807) is 0 Å². The first-order valence-corrected chi connectivity index (χ1v) is 12.5. The van der Waals surface area contributed by atoms with Crippen molar-refractivity contribution >= 4 is 25.5 Å². The van der Waals surface area contributed by atoms with Crippen molar-refractivity contribution < 1.29 is 34.7 Å². The van der Waals surface area contributed by atoms with Crippen LogP contribution in [-0.2, 0) is 24.6 Å². The summed E-state index contributed by atoms with van der Waals surface area (Å²) in [5.41, 5.74) is -5.86. The van der Waals surface area contributed by atoms with Crippen LogP contribution in [0, 0.1) is 0 Å². The molecule has 0 aromatic heterocycles. The Morgan fingerprint density at radius 3 is 2.17 bits per heavy atom. The van der Waals surface area contributed by atoms with Gasteiger partial charge in [0.25, 0.3) is 9.84 Å². The summed E-state index contributed by atoms with van der Waals surface area (Å²) in [5, 5.41) is 7.83. The Balaban J connectivity index is 1.80. The van der Waals surface area contributed by atoms with Crippen molar-refractivity contribution in [3.05, 3.63) is 18.2 Å². The molecule has 0 atom stereocenters. The van der Waals surface area contributed by atoms with Crippen LogP contribution in [0.25, 0.3) is 0 Å². The summed E-state index contributed by atoms with van der Waals surface area (Å²) in [6.07, 6.45) is 2.91. The molecule has 1 aromatic carbocycles. The van der Waals surface area contributed by atoms with Gasteiger partial charge in [-0.3, -0.25) is 4.90 Å². The molecule has 1 heterocycles. The van der Waals surface area contributed by atoms with E-state index in [0.717, 1.165) is 38.1 Å². The van der Waals surface area contributed by atoms with E-state index in [1.165, 1.54) is 0 Å². The molecule has 2 aliphatic rings. The number of benzene rings is 1. The first-order chi connectivity index (χ1) is 13.9. The molecule has 0 radical (unpaired) electrons. The van der Waals surface area contributed by atoms with Crippen molar-refractivity contribution in [2.45, 2.75) is 53.1 Å². The van der Waals surface area contributed by atoms with Gasteiger partial charge in [0.15, 0.2) is 0 Å². The zero-order valence-corrected chi connectivity index (χ0v) is 17.7. The van der Waals surface area contributed by atoms with Gasteiger partial charge in [0.05, 0.1) is 23.8 Å². The van der Waals surface area contributed by atoms with Crippen LogP contribution in [0.5, 0.6) is 0 Å². The van der Waals surface area contributed by atoms with Crippen molar-refractivity contribution in [1.29, 1.82) is 0 Å². The van der Waals surface area contributed by atoms with Crippen molar-refractivity contribution in [3.8, 4) is 0 Å². The Kier molecular flexibility index (Phi) is 6.68. The molecule has 13 heteroatoms. The van der Waals surface area contributed by atoms with Crippen LogP contribution in [0.3, 0.4) is 0 Å². The number of rotatable bonds is 5. The van der Waals surface area contributed by atoms with Gasteiger partial charge in [-0.25, -0.2) is 22.0 Å². The van der Waals surface area contributed by atoms with Gasteiger partial charge in [-0.1, -0.05) is 0 Å². The quantitative estimate of drug-likeness (QED) is 0.671. The Morgan fingerprint density at radius 1 is 1.03 bits per heavy atom. The van der Waals surface area contributed by atoms with E-state index in [-0.39, 0.29) is 11.7 Å². The van der Waals surface area contributed by atoms with Crippen LogP contribution in [0.2, 0.25) is 0 Å². The zero-order chi connectivity index (χ0) is 22.2. The predicted octanol–water partition coefficient (Wildman–Crippen LogP) is 1.68. The normalized spacial score (nSPS) is 24.5. The largest absolute Gasteiger partial charge is 0.501 e. The first-order valence-electron chi connectivity index (χ1n) is 9.46. The molecule has 8 nitrogen and oxygen atoms in total. The molecular weight excluding hydrogens is 447 g/mol. The third kappa shape index (κ3) is 5.07. The minimum atomic E-state index is -5.77. The van der Waals surface area contributed by atoms with Crippen LogP contribution >= 0.6 is 0 Å². The van der Waals surface area contributed by atoms with Gasteiger partial charge >= 0.3 is 5.51 Å². The van der Waals surface area contributed by atoms with Crippen molar-refractivity contribution in [2.75, 3.05) is 31.6 Å². The number of ether oxygens (including phenoxy) is 1. The highest BCUT2D eigenvalue weighted by Gasteiger charge is 2.48. The number of hydrogen-bond acceptors (Lipinski definition) is 7. The lowest BCUT2D eigenvalue weighted by Crippen LogP contribution is -2.46. The highest BCUT2D eigenvalue weighted by atomic mass is 32.2. The van der Waals surface area contributed by atoms with Gasteiger partial charge in [0.1, 0.15) is 4.90 Å². The Morgan fingerprint density at radius 2 is 1.63 bits per heavy atom. The second-order valence-corrected chi connectivity index (χ2v) is 10.9. The summed E-state index contributed by atoms with van der Waals surface area (Å²) in [5.74, 6) is 0. The number of sulfone groups is 1. The van der Waals surface area contributed by atoms with Gasteiger partial charge < -0.3 is 10.1 Å². The fourth-order valence-electron chi connectivity index (χ4n) is 3.89. The van der Waals surface area contributed by atoms with Crippen LogP contribution in [0.15, 0.2) is 28.0 Å². The molecule has 0 spiro atoms. The maximum absolute atomic E-state index is 13.2. The molecule has 3 N–H and O–H groups in total. The van der Waals surface area contributed by atoms with Gasteiger partial charge in [-0.05, 0) is 43.9 Å². The monoisotopic (exact) mass is 471 g/mol. The molecule has 1 aromatic rings. The van der Waals surface area contributed by atoms with E-state index in [2.05, 4.69) is 10.2 Å². The van der Waals surface area contributed by atoms with Gasteiger partial charge in [-0.2, -0.15) is 13.2 Å². The number of morpholine rings is 1. The van der Waals surface area contributed by atoms with Crippen LogP contribution in [0.4, 0.5) is 18.9 Å². The van der Waals surface area contributed by atoms with Crippen molar-refractivity contribution in [2.24, 2.45) is 5.14 Å². The summed E-state index contributed by atoms with van der Waals surface area (Å²) in [6.45, 7) is 3.03. The number of halogens is 3. The minimum absolute atomic E-state index is 0.232. The Hall–Kier alpha value is -1.41. The van der Waals surface area contributed by atoms with E-state index in [0.29, 0.717) is 38.2 Å². The highest BCUT2D eigenvalue weighted by Crippen LogP contribution is 2.37. The number of nitrogens with one attached hydrogen (secondary N) is 1. The highest BCUT2D eigenvalue weighted by molar-refractivity contribution is 7.92. The average molecular weight is 472 g/mol. The average Bonchev–Trinajstić information content (AvgIpc) is 2.68. The minimum Gasteiger partial charge on any atom is -0.381 e. The molecule has 0 amide bonds. The fraction of sp³-hybridized carbons (Fsp3) is 0.647. The van der Waals surface area contributed by atoms with Gasteiger partial charge in [0, 0.05) is 25.2 Å². The lowest BCUT2D eigenvalue weighted by atomic mass is 9.90. The van der Waals surface area contributed by atoms with Gasteiger partial charge in [0.2, 0.25) is 10.0 Å². The number of nitrogens with zero attached hydrogens (tertiary/aromatic N) is 1. The summed E-state index contributed by atoms with van der Waals surface area (Å²) >= 11 is 0. The second-order valence-electron chi connectivity index (χ2n) is 7.45. The number of sulfonamides is 1. The first kappa shape index (κ1) is 23.3. The predicted molar refractivity (Wildman–Crippen MR) is 103 cm³/mol. The van der Waals surface area contributed by atoms with E-state index >= 15 is 0 Å². The molecule has 30 heavy (non-hydrogen) atoms. The molecule has 3 rings (SSSR count). The Labute approximate surface area is 173 Å². The molecule has 0 unspecified atom stereocenters. The summed E-state index contributed by atoms with van der Waals surface area (Å²) in [6, 6.07) is 2.60. The van der Waals surface area contributed by atoms with Crippen molar-refractivity contribution in [3.63, 3.8) is 0 Å². The fourth-order valence-corrected chi connectivity index (χ4v) is 5.46. The molecule has 1 aliphatic carbocycles. The summed E-state index contributed by atoms with van der Waals surface area (Å²) < 4.78 is 91.9. The number of nitrogens with two attached hydrogens (primary N) is 1. The maximum Gasteiger partial charge on any atom is 0.501 e. The molecule has 2 fully saturated rings. The number of anilines is 1. The third-order valence-electron chi connectivity index (χ3n) is 5.49. The molecule has 170 valence electrons. The third-order valence-corrected chi connectivity index (χ3v) is 7.93. The van der Waals surface area contributed by atoms with E-state index in [9.17, 15) is 30.0 Å². The van der Waals surface area contributed by atoms with Crippen molar-refractivity contribution in [1.82, 2.24) is 4.90 Å². The standard InChI is InChI=1S/C17H24F3N3O5S2/c18-17(19,20)29(24,25)16-11-14(30(21,26)27)5-6-15(16)22-12-1-3-13(4-2-12)23-7-9-28-10-8-23/h5-6,11-13,22H,1-4,7-10H2,(H2,21,26,27)/t12-,13-. The topological polar surface area (TPSA) is 119 Å². The maximum atomic E-state index is 13.2. The van der Waals surface area contributed by atoms with E-state index < -0.39 is 35.2 Å². The van der Waals surface area contributed by atoms with E-state index in [4.69, 9.17) is 9.88 Å². The number of primary sulfonamides is 1. The zero-order valence-electron chi connectivity index (χ0n) is 16.1. The second kappa shape index (κ2) is 8.61. The van der Waals surface area contributed by atoms with Gasteiger partial charge in [-0.15, -0.1) is 0 Å². The van der Waals surface area contributed by atoms with Crippen LogP contribution in [0.1, 0.15) is 25.7 Å².